The minimum absolute atomic E-state index is 0.0146. The molecule has 5 nitrogen and oxygen atoms in total. The van der Waals surface area contributed by atoms with E-state index in [-0.39, 0.29) is 34.1 Å². The Bertz CT molecular complexity index is 1060. The van der Waals surface area contributed by atoms with Crippen molar-refractivity contribution in [2.24, 2.45) is 45.3 Å². The second-order valence-electron chi connectivity index (χ2n) is 13.8. The summed E-state index contributed by atoms with van der Waals surface area (Å²) in [6, 6.07) is -0.777. The summed E-state index contributed by atoms with van der Waals surface area (Å²) in [6.07, 6.45) is 7.78. The van der Waals surface area contributed by atoms with E-state index in [0.29, 0.717) is 18.9 Å². The molecule has 4 fully saturated rings. The van der Waals surface area contributed by atoms with Gasteiger partial charge in [-0.25, -0.2) is 4.39 Å². The van der Waals surface area contributed by atoms with Crippen LogP contribution in [0, 0.1) is 45.3 Å². The average Bonchev–Trinajstić information content (AvgIpc) is 3.27. The zero-order valence-corrected chi connectivity index (χ0v) is 24.3. The molecule has 4 aliphatic carbocycles. The van der Waals surface area contributed by atoms with Gasteiger partial charge in [0, 0.05) is 35.3 Å². The molecule has 37 heavy (non-hydrogen) atoms. The van der Waals surface area contributed by atoms with Crippen LogP contribution in [0.1, 0.15) is 74.1 Å². The van der Waals surface area contributed by atoms with Crippen LogP contribution in [0.15, 0.2) is 23.8 Å². The van der Waals surface area contributed by atoms with Crippen molar-refractivity contribution in [1.29, 1.82) is 0 Å². The third-order valence-electron chi connectivity index (χ3n) is 12.0. The fraction of sp³-hybridized carbons (Fsp3) is 0.800. The molecule has 5 rings (SSSR count). The molecule has 1 N–H and O–H groups in total. The molecule has 9 atom stereocenters. The number of ketones is 1. The quantitative estimate of drug-likeness (QED) is 0.486. The number of carbonyl (C=O) groups excluding carboxylic acids is 2. The zero-order valence-electron chi connectivity index (χ0n) is 23.5. The van der Waals surface area contributed by atoms with Crippen LogP contribution >= 0.6 is 11.8 Å². The summed E-state index contributed by atoms with van der Waals surface area (Å²) in [6.45, 7) is 16.8. The number of fused-ring (bicyclic) bond motifs is 7. The number of allylic oxidation sites excluding steroid dienone is 4. The van der Waals surface area contributed by atoms with Crippen LogP contribution in [0.2, 0.25) is 0 Å². The molecule has 0 amide bonds. The average molecular weight is 534 g/mol. The standard InChI is InChI=1S/C30H44FNO4S/c1-18(2)9-11-32-16-20-14-27(5)23-12-19(3)22-13-21(33)8-10-26(22,4)29(23,7)24(34)15-28(27,6)30(20,36-32)25(35)37-17-31/h8,10,13,18-20,23-24,34H,9,11-12,14-17H2,1-7H3/t19-,20-,23-,24-,26-,27-,28-,29+,30-/m0/s1. The van der Waals surface area contributed by atoms with Gasteiger partial charge in [0.15, 0.2) is 11.4 Å². The first-order valence-corrected chi connectivity index (χ1v) is 15.0. The fourth-order valence-electron chi connectivity index (χ4n) is 9.67. The van der Waals surface area contributed by atoms with Gasteiger partial charge in [0.25, 0.3) is 0 Å². The zero-order chi connectivity index (χ0) is 27.2. The Kier molecular flexibility index (Phi) is 6.51. The molecule has 5 aliphatic rings. The van der Waals surface area contributed by atoms with Gasteiger partial charge in [-0.1, -0.05) is 71.9 Å². The lowest BCUT2D eigenvalue weighted by Crippen LogP contribution is -2.70. The van der Waals surface area contributed by atoms with Gasteiger partial charge in [0.1, 0.15) is 6.01 Å². The highest BCUT2D eigenvalue weighted by atomic mass is 32.2. The van der Waals surface area contributed by atoms with E-state index in [2.05, 4.69) is 48.5 Å². The summed E-state index contributed by atoms with van der Waals surface area (Å²) < 4.78 is 13.7. The Morgan fingerprint density at radius 1 is 1.27 bits per heavy atom. The molecule has 0 spiro atoms. The molecule has 3 saturated carbocycles. The lowest BCUT2D eigenvalue weighted by molar-refractivity contribution is -0.280. The highest BCUT2D eigenvalue weighted by Crippen LogP contribution is 2.79. The molecule has 7 heteroatoms. The van der Waals surface area contributed by atoms with Gasteiger partial charge in [-0.05, 0) is 61.0 Å². The number of nitrogens with zero attached hydrogens (tertiary/aromatic N) is 1. The maximum atomic E-state index is 13.9. The number of carbonyl (C=O) groups is 2. The monoisotopic (exact) mass is 533 g/mol. The predicted molar refractivity (Wildman–Crippen MR) is 144 cm³/mol. The molecule has 1 heterocycles. The first kappa shape index (κ1) is 27.5. The number of thioether (sulfide) groups is 1. The molecule has 1 aliphatic heterocycles. The molecule has 0 bridgehead atoms. The summed E-state index contributed by atoms with van der Waals surface area (Å²) in [7, 11) is 0. The maximum absolute atomic E-state index is 13.9. The molecule has 206 valence electrons. The van der Waals surface area contributed by atoms with Gasteiger partial charge in [0.05, 0.1) is 6.10 Å². The van der Waals surface area contributed by atoms with E-state index in [0.717, 1.165) is 43.1 Å². The lowest BCUT2D eigenvalue weighted by Gasteiger charge is -2.70. The van der Waals surface area contributed by atoms with E-state index in [1.807, 2.05) is 11.1 Å². The second kappa shape index (κ2) is 8.74. The van der Waals surface area contributed by atoms with Crippen LogP contribution < -0.4 is 0 Å². The molecule has 0 aromatic carbocycles. The van der Waals surface area contributed by atoms with Crippen molar-refractivity contribution < 1.29 is 23.9 Å². The largest absolute Gasteiger partial charge is 0.392 e. The number of hydrogen-bond donors (Lipinski definition) is 1. The summed E-state index contributed by atoms with van der Waals surface area (Å²) in [5, 5.41) is 13.9. The van der Waals surface area contributed by atoms with Crippen LogP contribution in [0.4, 0.5) is 4.39 Å². The van der Waals surface area contributed by atoms with Crippen LogP contribution in [0.3, 0.4) is 0 Å². The second-order valence-corrected chi connectivity index (χ2v) is 14.7. The molecular formula is C30H44FNO4S. The fourth-order valence-corrected chi connectivity index (χ4v) is 10.4. The van der Waals surface area contributed by atoms with Crippen LogP contribution in [0.5, 0.6) is 0 Å². The normalized spacial score (nSPS) is 48.9. The van der Waals surface area contributed by atoms with Crippen molar-refractivity contribution in [3.05, 3.63) is 23.8 Å². The Morgan fingerprint density at radius 3 is 2.62 bits per heavy atom. The van der Waals surface area contributed by atoms with Crippen molar-refractivity contribution in [1.82, 2.24) is 5.06 Å². The van der Waals surface area contributed by atoms with Gasteiger partial charge >= 0.3 is 0 Å². The number of aliphatic hydroxyl groups is 1. The smallest absolute Gasteiger partial charge is 0.226 e. The Hall–Kier alpha value is -1.02. The summed E-state index contributed by atoms with van der Waals surface area (Å²) >= 11 is 0.726. The van der Waals surface area contributed by atoms with E-state index in [9.17, 15) is 19.1 Å². The molecule has 0 aromatic heterocycles. The summed E-state index contributed by atoms with van der Waals surface area (Å²) in [5.41, 5.74) is -1.98. The number of aliphatic hydroxyl groups excluding tert-OH is 1. The summed E-state index contributed by atoms with van der Waals surface area (Å²) in [4.78, 5) is 33.0. The summed E-state index contributed by atoms with van der Waals surface area (Å²) in [5.74, 6) is 0.748. The van der Waals surface area contributed by atoms with Gasteiger partial charge < -0.3 is 5.11 Å². The van der Waals surface area contributed by atoms with E-state index in [1.54, 1.807) is 12.2 Å². The van der Waals surface area contributed by atoms with Crippen LogP contribution in [0.25, 0.3) is 0 Å². The third-order valence-corrected chi connectivity index (χ3v) is 12.6. The minimum Gasteiger partial charge on any atom is -0.392 e. The van der Waals surface area contributed by atoms with E-state index in [4.69, 9.17) is 4.84 Å². The maximum Gasteiger partial charge on any atom is 0.226 e. The van der Waals surface area contributed by atoms with Crippen molar-refractivity contribution in [2.75, 3.05) is 19.1 Å². The van der Waals surface area contributed by atoms with Gasteiger partial charge in [-0.15, -0.1) is 0 Å². The van der Waals surface area contributed by atoms with Gasteiger partial charge in [-0.2, -0.15) is 5.06 Å². The van der Waals surface area contributed by atoms with E-state index < -0.39 is 34.0 Å². The molecule has 1 saturated heterocycles. The molecule has 0 radical (unpaired) electrons. The van der Waals surface area contributed by atoms with Gasteiger partial charge in [-0.3, -0.25) is 14.4 Å². The number of halogens is 1. The Labute approximate surface area is 225 Å². The van der Waals surface area contributed by atoms with Crippen molar-refractivity contribution in [3.8, 4) is 0 Å². The number of hydroxylamine groups is 2. The Balaban J connectivity index is 1.62. The van der Waals surface area contributed by atoms with E-state index >= 15 is 0 Å². The van der Waals surface area contributed by atoms with Crippen molar-refractivity contribution in [3.63, 3.8) is 0 Å². The number of hydrogen-bond acceptors (Lipinski definition) is 6. The number of rotatable bonds is 5. The first-order chi connectivity index (χ1) is 17.2. The SMILES string of the molecule is CC(C)CCN1C[C@@H]2C[C@@]3(C)[C@@H]4C[C@H](C)C5=CC(=O)C=C[C@]5(C)[C@@]4(C)[C@@H](O)C[C@]3(C)[C@]2(C(=O)SCF)O1. The molecule has 0 unspecified atom stereocenters. The topological polar surface area (TPSA) is 66.8 Å². The molecule has 0 aromatic rings. The van der Waals surface area contributed by atoms with Crippen LogP contribution in [-0.4, -0.2) is 51.9 Å². The minimum atomic E-state index is -1.16. The first-order valence-electron chi connectivity index (χ1n) is 14.0. The Morgan fingerprint density at radius 2 is 1.97 bits per heavy atom. The van der Waals surface area contributed by atoms with Crippen molar-refractivity contribution >= 4 is 22.7 Å². The van der Waals surface area contributed by atoms with Crippen LogP contribution in [-0.2, 0) is 14.4 Å². The molecular weight excluding hydrogens is 489 g/mol. The highest BCUT2D eigenvalue weighted by molar-refractivity contribution is 8.13. The third kappa shape index (κ3) is 3.32. The predicted octanol–water partition coefficient (Wildman–Crippen LogP) is 5.74. The van der Waals surface area contributed by atoms with Gasteiger partial charge in [0.2, 0.25) is 5.12 Å². The highest BCUT2D eigenvalue weighted by Gasteiger charge is 2.81. The number of alkyl halides is 1. The lowest BCUT2D eigenvalue weighted by atomic mass is 9.35. The van der Waals surface area contributed by atoms with E-state index in [1.165, 1.54) is 0 Å². The van der Waals surface area contributed by atoms with Crippen molar-refractivity contribution in [2.45, 2.75) is 85.9 Å².